The number of benzene rings is 2. The van der Waals surface area contributed by atoms with Gasteiger partial charge in [0.2, 0.25) is 0 Å². The Morgan fingerprint density at radius 3 is 2.66 bits per heavy atom. The van der Waals surface area contributed by atoms with Crippen LogP contribution in [0.5, 0.6) is 5.75 Å². The van der Waals surface area contributed by atoms with Crippen molar-refractivity contribution in [2.75, 3.05) is 5.01 Å². The largest absolute Gasteiger partial charge is 0.488 e. The van der Waals surface area contributed by atoms with Crippen LogP contribution in [0.3, 0.4) is 0 Å². The predicted octanol–water partition coefficient (Wildman–Crippen LogP) is 3.86. The van der Waals surface area contributed by atoms with Crippen molar-refractivity contribution >= 4 is 23.3 Å². The number of pyridine rings is 1. The molecular formula is C21H22ClN5O2. The first-order valence-corrected chi connectivity index (χ1v) is 9.28. The second kappa shape index (κ2) is 8.91. The third-order valence-corrected chi connectivity index (χ3v) is 4.88. The standard InChI is InChI=1S/C21H22ClN5O2/c1-13-6-5-8-19(27(24)21(28)26-23)16(13)12-29-20-11-17(22)15(10-14(20)2)18-7-3-4-9-25-18/h3-11H,12,23-24H2,1-2H3,(H,26,28). The lowest BCUT2D eigenvalue weighted by Gasteiger charge is -2.21. The number of rotatable bonds is 5. The number of nitrogens with one attached hydrogen (secondary N) is 1. The normalized spacial score (nSPS) is 10.5. The van der Waals surface area contributed by atoms with E-state index in [4.69, 9.17) is 28.0 Å². The van der Waals surface area contributed by atoms with Crippen LogP contribution in [0.15, 0.2) is 54.7 Å². The smallest absolute Gasteiger partial charge is 0.350 e. The molecule has 0 saturated carbocycles. The van der Waals surface area contributed by atoms with Gasteiger partial charge in [-0.15, -0.1) is 0 Å². The topological polar surface area (TPSA) is 106 Å². The third kappa shape index (κ3) is 4.48. The van der Waals surface area contributed by atoms with E-state index in [1.807, 2.05) is 55.7 Å². The first-order chi connectivity index (χ1) is 13.9. The highest BCUT2D eigenvalue weighted by atomic mass is 35.5. The fourth-order valence-electron chi connectivity index (χ4n) is 2.97. The molecule has 3 rings (SSSR count). The summed E-state index contributed by atoms with van der Waals surface area (Å²) in [5, 5.41) is 1.49. The molecule has 150 valence electrons. The number of hydrazine groups is 2. The highest BCUT2D eigenvalue weighted by Crippen LogP contribution is 2.34. The number of aryl methyl sites for hydroxylation is 2. The Labute approximate surface area is 174 Å². The van der Waals surface area contributed by atoms with Crippen LogP contribution >= 0.6 is 11.6 Å². The minimum absolute atomic E-state index is 0.202. The SMILES string of the molecule is Cc1cc(-c2ccccn2)c(Cl)cc1OCc1c(C)cccc1N(N)C(=O)NN. The molecule has 0 spiro atoms. The fraction of sp³-hybridized carbons (Fsp3) is 0.143. The highest BCUT2D eigenvalue weighted by molar-refractivity contribution is 6.33. The van der Waals surface area contributed by atoms with Crippen LogP contribution in [0.25, 0.3) is 11.3 Å². The van der Waals surface area contributed by atoms with Crippen LogP contribution in [-0.2, 0) is 6.61 Å². The van der Waals surface area contributed by atoms with E-state index in [0.29, 0.717) is 16.5 Å². The monoisotopic (exact) mass is 411 g/mol. The number of carbonyl (C=O) groups excluding carboxylic acids is 1. The van der Waals surface area contributed by atoms with Gasteiger partial charge in [-0.05, 0) is 55.3 Å². The van der Waals surface area contributed by atoms with Gasteiger partial charge < -0.3 is 4.74 Å². The van der Waals surface area contributed by atoms with Gasteiger partial charge in [0.25, 0.3) is 0 Å². The van der Waals surface area contributed by atoms with E-state index in [1.54, 1.807) is 18.3 Å². The summed E-state index contributed by atoms with van der Waals surface area (Å²) in [6, 6.07) is 14.2. The first kappa shape index (κ1) is 20.6. The van der Waals surface area contributed by atoms with Gasteiger partial charge in [-0.25, -0.2) is 21.5 Å². The summed E-state index contributed by atoms with van der Waals surface area (Å²) >= 11 is 6.48. The second-order valence-electron chi connectivity index (χ2n) is 6.49. The molecule has 0 radical (unpaired) electrons. The molecule has 3 aromatic rings. The summed E-state index contributed by atoms with van der Waals surface area (Å²) in [5.41, 5.74) is 6.75. The van der Waals surface area contributed by atoms with E-state index in [-0.39, 0.29) is 6.61 Å². The van der Waals surface area contributed by atoms with E-state index < -0.39 is 6.03 Å². The molecule has 0 aliphatic carbocycles. The van der Waals surface area contributed by atoms with Crippen molar-refractivity contribution in [1.82, 2.24) is 10.4 Å². The number of hydrogen-bond donors (Lipinski definition) is 3. The third-order valence-electron chi connectivity index (χ3n) is 4.56. The molecule has 5 N–H and O–H groups in total. The van der Waals surface area contributed by atoms with Gasteiger partial charge in [0.1, 0.15) is 12.4 Å². The van der Waals surface area contributed by atoms with Crippen LogP contribution in [0.1, 0.15) is 16.7 Å². The minimum Gasteiger partial charge on any atom is -0.488 e. The summed E-state index contributed by atoms with van der Waals surface area (Å²) < 4.78 is 6.03. The lowest BCUT2D eigenvalue weighted by Crippen LogP contribution is -2.48. The van der Waals surface area contributed by atoms with Gasteiger partial charge in [-0.3, -0.25) is 10.4 Å². The molecule has 7 nitrogen and oxygen atoms in total. The number of halogens is 1. The van der Waals surface area contributed by atoms with Crippen molar-refractivity contribution in [3.8, 4) is 17.0 Å². The van der Waals surface area contributed by atoms with Crippen LogP contribution < -0.4 is 26.9 Å². The number of nitrogens with zero attached hydrogens (tertiary/aromatic N) is 2. The van der Waals surface area contributed by atoms with E-state index in [0.717, 1.165) is 33.0 Å². The summed E-state index contributed by atoms with van der Waals surface area (Å²) in [4.78, 5) is 16.2. The maximum atomic E-state index is 11.8. The number of carbonyl (C=O) groups is 1. The molecular weight excluding hydrogens is 390 g/mol. The Morgan fingerprint density at radius 1 is 1.17 bits per heavy atom. The molecule has 0 unspecified atom stereocenters. The Morgan fingerprint density at radius 2 is 1.97 bits per heavy atom. The van der Waals surface area contributed by atoms with Crippen molar-refractivity contribution < 1.29 is 9.53 Å². The zero-order chi connectivity index (χ0) is 21.0. The van der Waals surface area contributed by atoms with E-state index in [9.17, 15) is 4.79 Å². The minimum atomic E-state index is -0.629. The van der Waals surface area contributed by atoms with Gasteiger partial charge in [0, 0.05) is 17.3 Å². The van der Waals surface area contributed by atoms with Crippen molar-refractivity contribution in [2.24, 2.45) is 11.7 Å². The van der Waals surface area contributed by atoms with Crippen LogP contribution in [0.4, 0.5) is 10.5 Å². The molecule has 0 fully saturated rings. The number of urea groups is 1. The molecule has 0 atom stereocenters. The Balaban J connectivity index is 1.88. The van der Waals surface area contributed by atoms with E-state index in [2.05, 4.69) is 4.98 Å². The molecule has 1 aromatic heterocycles. The fourth-order valence-corrected chi connectivity index (χ4v) is 3.22. The Kier molecular flexibility index (Phi) is 6.33. The number of amides is 2. The van der Waals surface area contributed by atoms with Gasteiger partial charge in [0.15, 0.2) is 0 Å². The average molecular weight is 412 g/mol. The van der Waals surface area contributed by atoms with Gasteiger partial charge >= 0.3 is 6.03 Å². The van der Waals surface area contributed by atoms with Crippen molar-refractivity contribution in [3.63, 3.8) is 0 Å². The molecule has 1 heterocycles. The molecule has 29 heavy (non-hydrogen) atoms. The van der Waals surface area contributed by atoms with E-state index >= 15 is 0 Å². The van der Waals surface area contributed by atoms with Gasteiger partial charge in [0.05, 0.1) is 16.4 Å². The lowest BCUT2D eigenvalue weighted by molar-refractivity contribution is 0.246. The molecule has 2 aromatic carbocycles. The highest BCUT2D eigenvalue weighted by Gasteiger charge is 2.17. The van der Waals surface area contributed by atoms with E-state index in [1.165, 1.54) is 0 Å². The average Bonchev–Trinajstić information content (AvgIpc) is 2.74. The molecule has 0 saturated heterocycles. The maximum absolute atomic E-state index is 11.8. The molecule has 0 aliphatic heterocycles. The first-order valence-electron chi connectivity index (χ1n) is 8.90. The molecule has 8 heteroatoms. The zero-order valence-corrected chi connectivity index (χ0v) is 16.9. The summed E-state index contributed by atoms with van der Waals surface area (Å²) in [6.07, 6.45) is 1.72. The number of hydrogen-bond acceptors (Lipinski definition) is 5. The number of aromatic nitrogens is 1. The van der Waals surface area contributed by atoms with Crippen molar-refractivity contribution in [1.29, 1.82) is 0 Å². The lowest BCUT2D eigenvalue weighted by atomic mass is 10.1. The van der Waals surface area contributed by atoms with Gasteiger partial charge in [-0.1, -0.05) is 29.8 Å². The molecule has 0 aliphatic rings. The van der Waals surface area contributed by atoms with Crippen LogP contribution in [-0.4, -0.2) is 11.0 Å². The number of nitrogens with two attached hydrogens (primary N) is 2. The number of anilines is 1. The summed E-state index contributed by atoms with van der Waals surface area (Å²) in [5.74, 6) is 11.7. The molecule has 0 bridgehead atoms. The Hall–Kier alpha value is -3.13. The summed E-state index contributed by atoms with van der Waals surface area (Å²) in [6.45, 7) is 4.06. The maximum Gasteiger partial charge on any atom is 0.350 e. The zero-order valence-electron chi connectivity index (χ0n) is 16.1. The van der Waals surface area contributed by atoms with Crippen LogP contribution in [0, 0.1) is 13.8 Å². The van der Waals surface area contributed by atoms with Crippen molar-refractivity contribution in [2.45, 2.75) is 20.5 Å². The predicted molar refractivity (Wildman–Crippen MR) is 114 cm³/mol. The van der Waals surface area contributed by atoms with Gasteiger partial charge in [-0.2, -0.15) is 0 Å². The van der Waals surface area contributed by atoms with Crippen LogP contribution in [0.2, 0.25) is 5.02 Å². The second-order valence-corrected chi connectivity index (χ2v) is 6.90. The summed E-state index contributed by atoms with van der Waals surface area (Å²) in [7, 11) is 0. The Bertz CT molecular complexity index is 1030. The number of ether oxygens (including phenoxy) is 1. The van der Waals surface area contributed by atoms with Crippen molar-refractivity contribution in [3.05, 3.63) is 76.4 Å². The quantitative estimate of drug-likeness (QED) is 0.335. The molecule has 2 amide bonds.